The summed E-state index contributed by atoms with van der Waals surface area (Å²) in [5, 5.41) is 22.9. The molecule has 0 aliphatic heterocycles. The van der Waals surface area contributed by atoms with Crippen LogP contribution in [0.25, 0.3) is 38.7 Å². The van der Waals surface area contributed by atoms with Crippen molar-refractivity contribution in [1.82, 2.24) is 19.9 Å². The number of aromatic nitrogens is 3. The van der Waals surface area contributed by atoms with E-state index in [2.05, 4.69) is 15.4 Å². The number of nitrogens with zero attached hydrogens (tertiary/aromatic N) is 3. The first-order valence-electron chi connectivity index (χ1n) is 11.3. The molecule has 1 amide bonds. The molecule has 4 N–H and O–H groups in total. The van der Waals surface area contributed by atoms with Crippen molar-refractivity contribution in [1.29, 1.82) is 0 Å². The van der Waals surface area contributed by atoms with Crippen molar-refractivity contribution in [2.45, 2.75) is 23.3 Å². The van der Waals surface area contributed by atoms with Crippen molar-refractivity contribution in [3.8, 4) is 22.3 Å². The number of hydrogen-bond donors (Lipinski definition) is 3. The summed E-state index contributed by atoms with van der Waals surface area (Å²) in [6, 6.07) is 18.2. The molecule has 1 fully saturated rings. The van der Waals surface area contributed by atoms with Crippen molar-refractivity contribution in [2.24, 2.45) is 5.14 Å². The Morgan fingerprint density at radius 1 is 0.944 bits per heavy atom. The molecule has 6 rings (SSSR count). The normalized spacial score (nSPS) is 14.7. The van der Waals surface area contributed by atoms with Gasteiger partial charge in [0.05, 0.1) is 16.6 Å². The molecule has 180 valence electrons. The second kappa shape index (κ2) is 7.87. The largest absolute Gasteiger partial charge is 0.465 e. The number of nitrogens with two attached hydrogens (primary N) is 1. The molecule has 0 unspecified atom stereocenters. The van der Waals surface area contributed by atoms with Gasteiger partial charge in [0.15, 0.2) is 5.65 Å². The highest BCUT2D eigenvalue weighted by molar-refractivity contribution is 7.89. The molecule has 10 heteroatoms. The molecule has 0 atom stereocenters. The topological polar surface area (TPSA) is 140 Å². The third kappa shape index (κ3) is 3.67. The van der Waals surface area contributed by atoms with Crippen molar-refractivity contribution in [3.05, 3.63) is 84.8 Å². The summed E-state index contributed by atoms with van der Waals surface area (Å²) in [6.07, 6.45) is 5.91. The van der Waals surface area contributed by atoms with Gasteiger partial charge < -0.3 is 10.4 Å². The third-order valence-electron chi connectivity index (χ3n) is 6.70. The third-order valence-corrected chi connectivity index (χ3v) is 7.67. The predicted octanol–water partition coefficient (Wildman–Crippen LogP) is 4.12. The SMILES string of the molecule is NS(=O)(=O)c1ccc(-c2cnn3cc(-c4ccc(C5(NC(=O)O)CC5)cc4)cnc23)c2ccccc12. The minimum absolute atomic E-state index is 0.0727. The summed E-state index contributed by atoms with van der Waals surface area (Å²) in [5.74, 6) is 0. The summed E-state index contributed by atoms with van der Waals surface area (Å²) in [5.41, 5.74) is 4.45. The first-order valence-corrected chi connectivity index (χ1v) is 12.8. The van der Waals surface area contributed by atoms with Gasteiger partial charge in [0, 0.05) is 28.9 Å². The molecule has 1 aliphatic carbocycles. The number of benzene rings is 3. The monoisotopic (exact) mass is 499 g/mol. The van der Waals surface area contributed by atoms with E-state index >= 15 is 0 Å². The van der Waals surface area contributed by atoms with Gasteiger partial charge in [-0.2, -0.15) is 5.10 Å². The number of carbonyl (C=O) groups is 1. The van der Waals surface area contributed by atoms with Crippen LogP contribution in [0.4, 0.5) is 4.79 Å². The van der Waals surface area contributed by atoms with Crippen LogP contribution in [0.2, 0.25) is 0 Å². The molecular weight excluding hydrogens is 478 g/mol. The Labute approximate surface area is 206 Å². The van der Waals surface area contributed by atoms with Crippen LogP contribution in [0, 0.1) is 0 Å². The zero-order chi connectivity index (χ0) is 25.1. The van der Waals surface area contributed by atoms with Crippen LogP contribution < -0.4 is 10.5 Å². The van der Waals surface area contributed by atoms with Gasteiger partial charge in [0.25, 0.3) is 0 Å². The Hall–Kier alpha value is -4.28. The lowest BCUT2D eigenvalue weighted by molar-refractivity contribution is 0.188. The summed E-state index contributed by atoms with van der Waals surface area (Å²) in [7, 11) is -3.88. The molecule has 1 saturated carbocycles. The van der Waals surface area contributed by atoms with Crippen LogP contribution in [-0.2, 0) is 15.6 Å². The number of amides is 1. The van der Waals surface area contributed by atoms with Crippen LogP contribution in [0.1, 0.15) is 18.4 Å². The fourth-order valence-corrected chi connectivity index (χ4v) is 5.51. The molecule has 1 aliphatic rings. The highest BCUT2D eigenvalue weighted by Crippen LogP contribution is 2.45. The first-order chi connectivity index (χ1) is 17.2. The highest BCUT2D eigenvalue weighted by atomic mass is 32.2. The second-order valence-corrected chi connectivity index (χ2v) is 10.5. The molecule has 3 aromatic carbocycles. The minimum atomic E-state index is -3.88. The number of nitrogens with one attached hydrogen (secondary N) is 1. The molecule has 0 saturated heterocycles. The minimum Gasteiger partial charge on any atom is -0.465 e. The molecule has 5 aromatic rings. The van der Waals surface area contributed by atoms with E-state index in [4.69, 9.17) is 10.2 Å². The number of hydrogen-bond acceptors (Lipinski definition) is 5. The van der Waals surface area contributed by atoms with E-state index < -0.39 is 21.7 Å². The van der Waals surface area contributed by atoms with Crippen LogP contribution in [-0.4, -0.2) is 34.2 Å². The lowest BCUT2D eigenvalue weighted by atomic mass is 10.00. The lowest BCUT2D eigenvalue weighted by Crippen LogP contribution is -2.33. The Balaban J connectivity index is 1.38. The standard InChI is InChI=1S/C26H21N5O4S/c27-36(34,35)23-10-9-20(19-3-1-2-4-21(19)23)22-14-29-31-15-17(13-28-24(22)31)16-5-7-18(8-6-16)26(11-12-26)30-25(32)33/h1-10,13-15,30H,11-12H2,(H,32,33)(H2,27,34,35). The number of fused-ring (bicyclic) bond motifs is 2. The maximum absolute atomic E-state index is 12.1. The average molecular weight is 500 g/mol. The maximum Gasteiger partial charge on any atom is 0.405 e. The Morgan fingerprint density at radius 3 is 2.33 bits per heavy atom. The van der Waals surface area contributed by atoms with Crippen molar-refractivity contribution >= 4 is 32.5 Å². The van der Waals surface area contributed by atoms with Gasteiger partial charge in [-0.05, 0) is 41.0 Å². The summed E-state index contributed by atoms with van der Waals surface area (Å²) in [4.78, 5) is 15.9. The molecule has 0 radical (unpaired) electrons. The van der Waals surface area contributed by atoms with E-state index in [-0.39, 0.29) is 4.90 Å². The molecule has 36 heavy (non-hydrogen) atoms. The molecule has 0 spiro atoms. The Kier molecular flexibility index (Phi) is 4.85. The second-order valence-electron chi connectivity index (χ2n) is 8.96. The zero-order valence-corrected chi connectivity index (χ0v) is 19.7. The van der Waals surface area contributed by atoms with E-state index in [1.807, 2.05) is 42.6 Å². The van der Waals surface area contributed by atoms with Gasteiger partial charge in [-0.1, -0.05) is 54.6 Å². The number of carboxylic acid groups (broad SMARTS) is 1. The van der Waals surface area contributed by atoms with E-state index in [1.165, 1.54) is 6.07 Å². The van der Waals surface area contributed by atoms with Crippen molar-refractivity contribution in [3.63, 3.8) is 0 Å². The fraction of sp³-hybridized carbons (Fsp3) is 0.115. The molecule has 0 bridgehead atoms. The zero-order valence-electron chi connectivity index (χ0n) is 18.9. The lowest BCUT2D eigenvalue weighted by Gasteiger charge is -2.16. The number of primary sulfonamides is 1. The summed E-state index contributed by atoms with van der Waals surface area (Å²) < 4.78 is 25.8. The van der Waals surface area contributed by atoms with Gasteiger partial charge in [-0.25, -0.2) is 27.9 Å². The predicted molar refractivity (Wildman–Crippen MR) is 135 cm³/mol. The number of rotatable bonds is 5. The molecular formula is C26H21N5O4S. The Morgan fingerprint density at radius 2 is 1.67 bits per heavy atom. The molecule has 9 nitrogen and oxygen atoms in total. The van der Waals surface area contributed by atoms with E-state index in [9.17, 15) is 13.2 Å². The van der Waals surface area contributed by atoms with Gasteiger partial charge in [0.2, 0.25) is 10.0 Å². The summed E-state index contributed by atoms with van der Waals surface area (Å²) >= 11 is 0. The van der Waals surface area contributed by atoms with Crippen LogP contribution in [0.3, 0.4) is 0 Å². The van der Waals surface area contributed by atoms with Gasteiger partial charge in [0.1, 0.15) is 0 Å². The first kappa shape index (κ1) is 22.2. The Bertz CT molecular complexity index is 1770. The quantitative estimate of drug-likeness (QED) is 0.332. The van der Waals surface area contributed by atoms with Gasteiger partial charge in [-0.3, -0.25) is 0 Å². The molecule has 2 aromatic heterocycles. The molecule has 2 heterocycles. The van der Waals surface area contributed by atoms with Gasteiger partial charge in [-0.15, -0.1) is 0 Å². The van der Waals surface area contributed by atoms with Crippen molar-refractivity contribution in [2.75, 3.05) is 0 Å². The van der Waals surface area contributed by atoms with Crippen LogP contribution in [0.5, 0.6) is 0 Å². The highest BCUT2D eigenvalue weighted by Gasteiger charge is 2.45. The fourth-order valence-electron chi connectivity index (χ4n) is 4.77. The maximum atomic E-state index is 12.1. The van der Waals surface area contributed by atoms with Gasteiger partial charge >= 0.3 is 6.09 Å². The van der Waals surface area contributed by atoms with E-state index in [0.717, 1.165) is 46.0 Å². The smallest absolute Gasteiger partial charge is 0.405 e. The van der Waals surface area contributed by atoms with E-state index in [1.54, 1.807) is 35.1 Å². The average Bonchev–Trinajstić information content (AvgIpc) is 3.51. The van der Waals surface area contributed by atoms with Crippen molar-refractivity contribution < 1.29 is 18.3 Å². The number of sulfonamides is 1. The van der Waals surface area contributed by atoms with E-state index in [0.29, 0.717) is 11.0 Å². The van der Waals surface area contributed by atoms with Crippen LogP contribution in [0.15, 0.2) is 84.1 Å². The van der Waals surface area contributed by atoms with Crippen LogP contribution >= 0.6 is 0 Å². The summed E-state index contributed by atoms with van der Waals surface area (Å²) in [6.45, 7) is 0.